The molecule has 0 saturated carbocycles. The number of anilines is 1. The lowest BCUT2D eigenvalue weighted by Gasteiger charge is -2.22. The number of rotatable bonds is 2. The molecule has 0 aliphatic carbocycles. The van der Waals surface area contributed by atoms with Gasteiger partial charge in [0.25, 0.3) is 0 Å². The van der Waals surface area contributed by atoms with Crippen LogP contribution in [0.5, 0.6) is 0 Å². The number of nitrogens with one attached hydrogen (secondary N) is 2. The quantitative estimate of drug-likeness (QED) is 0.463. The molecule has 1 aromatic rings. The number of hydrogen-bond acceptors (Lipinski definition) is 6. The number of hydrogen-bond donors (Lipinski definition) is 2. The lowest BCUT2D eigenvalue weighted by Crippen LogP contribution is -2.37. The van der Waals surface area contributed by atoms with Gasteiger partial charge in [-0.05, 0) is 19.1 Å². The Morgan fingerprint density at radius 3 is 3.18 bits per heavy atom. The minimum absolute atomic E-state index is 0.208. The summed E-state index contributed by atoms with van der Waals surface area (Å²) in [4.78, 5) is 30.2. The first-order chi connectivity index (χ1) is 8.13. The highest BCUT2D eigenvalue weighted by Crippen LogP contribution is 2.22. The van der Waals surface area contributed by atoms with Crippen LogP contribution in [0.3, 0.4) is 0 Å². The highest BCUT2D eigenvalue weighted by atomic mass is 32.1. The maximum atomic E-state index is 12.0. The van der Waals surface area contributed by atoms with E-state index in [4.69, 9.17) is 17.0 Å². The summed E-state index contributed by atoms with van der Waals surface area (Å²) in [6.45, 7) is 2.16. The van der Waals surface area contributed by atoms with Crippen LogP contribution in [0.4, 0.5) is 5.82 Å². The summed E-state index contributed by atoms with van der Waals surface area (Å²) in [6, 6.07) is 0. The van der Waals surface area contributed by atoms with Crippen LogP contribution in [0.2, 0.25) is 0 Å². The van der Waals surface area contributed by atoms with Gasteiger partial charge in [0.1, 0.15) is 11.7 Å². The molecule has 0 aromatic carbocycles. The van der Waals surface area contributed by atoms with Crippen LogP contribution >= 0.6 is 12.2 Å². The molecule has 2 N–H and O–H groups in total. The molecule has 2 rings (SSSR count). The Morgan fingerprint density at radius 1 is 1.71 bits per heavy atom. The molecule has 0 amide bonds. The van der Waals surface area contributed by atoms with Crippen molar-refractivity contribution in [3.05, 3.63) is 16.5 Å². The summed E-state index contributed by atoms with van der Waals surface area (Å²) in [6.07, 6.45) is 1.37. The summed E-state index contributed by atoms with van der Waals surface area (Å²) in [5.41, 5.74) is 0.336. The van der Waals surface area contributed by atoms with Gasteiger partial charge in [-0.2, -0.15) is 0 Å². The Hall–Kier alpha value is -1.76. The first-order valence-electron chi connectivity index (χ1n) is 5.17. The predicted molar refractivity (Wildman–Crippen MR) is 62.4 cm³/mol. The maximum absolute atomic E-state index is 12.0. The average Bonchev–Trinajstić information content (AvgIpc) is 2.29. The van der Waals surface area contributed by atoms with E-state index in [0.717, 1.165) is 0 Å². The Morgan fingerprint density at radius 2 is 2.47 bits per heavy atom. The number of ketones is 1. The van der Waals surface area contributed by atoms with Crippen molar-refractivity contribution < 1.29 is 14.3 Å². The fourth-order valence-electron chi connectivity index (χ4n) is 1.64. The molecule has 1 unspecified atom stereocenters. The molecule has 6 nitrogen and oxygen atoms in total. The molecule has 1 aliphatic heterocycles. The second-order valence-corrected chi connectivity index (χ2v) is 3.91. The first-order valence-corrected chi connectivity index (χ1v) is 5.58. The molecule has 0 radical (unpaired) electrons. The summed E-state index contributed by atoms with van der Waals surface area (Å²) in [5.74, 6) is -1.11. The van der Waals surface area contributed by atoms with E-state index >= 15 is 0 Å². The standard InChI is InChI=1S/C10H11N3O3S/c1-2-16-9(15)6-4-11-8-5(7(6)14)3-12-10(17)13-8/h3,6H,2,4H2,1H3,(H2,11,12,13,17). The molecule has 2 heterocycles. The average molecular weight is 253 g/mol. The highest BCUT2D eigenvalue weighted by Gasteiger charge is 2.34. The summed E-state index contributed by atoms with van der Waals surface area (Å²) in [7, 11) is 0. The first kappa shape index (κ1) is 11.7. The molecular weight excluding hydrogens is 242 g/mol. The number of fused-ring (bicyclic) bond motifs is 1. The third-order valence-corrected chi connectivity index (χ3v) is 2.66. The molecule has 1 aromatic heterocycles. The van der Waals surface area contributed by atoms with Gasteiger partial charge in [-0.1, -0.05) is 0 Å². The smallest absolute Gasteiger partial charge is 0.318 e. The predicted octanol–water partition coefficient (Wildman–Crippen LogP) is 0.927. The van der Waals surface area contributed by atoms with Crippen molar-refractivity contribution in [2.24, 2.45) is 5.92 Å². The zero-order valence-corrected chi connectivity index (χ0v) is 9.97. The minimum Gasteiger partial charge on any atom is -0.465 e. The fraction of sp³-hybridized carbons (Fsp3) is 0.400. The molecule has 0 bridgehead atoms. The van der Waals surface area contributed by atoms with Gasteiger partial charge in [0, 0.05) is 12.7 Å². The van der Waals surface area contributed by atoms with Gasteiger partial charge in [0.15, 0.2) is 10.6 Å². The van der Waals surface area contributed by atoms with Crippen LogP contribution in [-0.4, -0.2) is 34.9 Å². The number of carbonyl (C=O) groups is 2. The molecule has 90 valence electrons. The van der Waals surface area contributed by atoms with Crippen molar-refractivity contribution in [2.45, 2.75) is 6.92 Å². The van der Waals surface area contributed by atoms with E-state index in [1.165, 1.54) is 6.20 Å². The lowest BCUT2D eigenvalue weighted by molar-refractivity contribution is -0.145. The van der Waals surface area contributed by atoms with Gasteiger partial charge >= 0.3 is 5.97 Å². The van der Waals surface area contributed by atoms with E-state index in [1.54, 1.807) is 6.92 Å². The van der Waals surface area contributed by atoms with Gasteiger partial charge in [-0.3, -0.25) is 9.59 Å². The molecule has 7 heteroatoms. The Balaban J connectivity index is 2.30. The topological polar surface area (TPSA) is 84.1 Å². The summed E-state index contributed by atoms with van der Waals surface area (Å²) < 4.78 is 5.13. The van der Waals surface area contributed by atoms with E-state index < -0.39 is 11.9 Å². The maximum Gasteiger partial charge on any atom is 0.318 e. The number of carbonyl (C=O) groups excluding carboxylic acids is 2. The number of esters is 1. The van der Waals surface area contributed by atoms with Crippen LogP contribution in [0.25, 0.3) is 0 Å². The van der Waals surface area contributed by atoms with Gasteiger partial charge in [-0.25, -0.2) is 4.98 Å². The van der Waals surface area contributed by atoms with Crippen LogP contribution in [-0.2, 0) is 9.53 Å². The zero-order valence-electron chi connectivity index (χ0n) is 9.15. The number of aromatic amines is 1. The molecular formula is C10H11N3O3S. The summed E-state index contributed by atoms with van der Waals surface area (Å²) >= 11 is 4.85. The van der Waals surface area contributed by atoms with E-state index in [2.05, 4.69) is 15.3 Å². The van der Waals surface area contributed by atoms with Crippen molar-refractivity contribution in [3.63, 3.8) is 0 Å². The Kier molecular flexibility index (Phi) is 3.19. The number of nitrogens with zero attached hydrogens (tertiary/aromatic N) is 1. The Bertz CT molecular complexity index is 526. The number of H-pyrrole nitrogens is 1. The number of ether oxygens (including phenoxy) is 1. The molecule has 1 aliphatic rings. The van der Waals surface area contributed by atoms with Gasteiger partial charge in [-0.15, -0.1) is 0 Å². The SMILES string of the molecule is CCOC(=O)C1CNc2[nH]c(=S)ncc2C1=O. The van der Waals surface area contributed by atoms with Crippen molar-refractivity contribution in [1.82, 2.24) is 9.97 Å². The largest absolute Gasteiger partial charge is 0.465 e. The minimum atomic E-state index is -0.811. The van der Waals surface area contributed by atoms with Crippen molar-refractivity contribution in [3.8, 4) is 0 Å². The van der Waals surface area contributed by atoms with Crippen LogP contribution in [0.15, 0.2) is 6.20 Å². The second-order valence-electron chi connectivity index (χ2n) is 3.53. The molecule has 17 heavy (non-hydrogen) atoms. The van der Waals surface area contributed by atoms with Gasteiger partial charge in [0.05, 0.1) is 12.2 Å². The summed E-state index contributed by atoms with van der Waals surface area (Å²) in [5, 5.41) is 2.94. The van der Waals surface area contributed by atoms with E-state index in [1.807, 2.05) is 0 Å². The zero-order chi connectivity index (χ0) is 12.4. The van der Waals surface area contributed by atoms with Crippen LogP contribution in [0, 0.1) is 10.7 Å². The van der Waals surface area contributed by atoms with Crippen molar-refractivity contribution in [2.75, 3.05) is 18.5 Å². The van der Waals surface area contributed by atoms with Crippen molar-refractivity contribution in [1.29, 1.82) is 0 Å². The normalized spacial score (nSPS) is 18.2. The number of Topliss-reactive ketones (excluding diaryl/α,β-unsaturated/α-hetero) is 1. The molecule has 0 saturated heterocycles. The molecule has 0 fully saturated rings. The fourth-order valence-corrected chi connectivity index (χ4v) is 1.79. The number of aromatic nitrogens is 2. The van der Waals surface area contributed by atoms with E-state index in [9.17, 15) is 9.59 Å². The lowest BCUT2D eigenvalue weighted by atomic mass is 9.95. The van der Waals surface area contributed by atoms with Crippen LogP contribution < -0.4 is 5.32 Å². The monoisotopic (exact) mass is 253 g/mol. The highest BCUT2D eigenvalue weighted by molar-refractivity contribution is 7.71. The Labute approximate surface area is 102 Å². The van der Waals surface area contributed by atoms with E-state index in [-0.39, 0.29) is 18.9 Å². The van der Waals surface area contributed by atoms with Gasteiger partial charge < -0.3 is 15.0 Å². The molecule has 1 atom stereocenters. The molecule has 0 spiro atoms. The second kappa shape index (κ2) is 4.62. The third-order valence-electron chi connectivity index (χ3n) is 2.45. The van der Waals surface area contributed by atoms with E-state index in [0.29, 0.717) is 16.2 Å². The third kappa shape index (κ3) is 2.19. The van der Waals surface area contributed by atoms with Crippen molar-refractivity contribution >= 4 is 29.8 Å². The van der Waals surface area contributed by atoms with Gasteiger partial charge in [0.2, 0.25) is 0 Å². The van der Waals surface area contributed by atoms with Crippen LogP contribution in [0.1, 0.15) is 17.3 Å².